The molecular formula is C15H24N4O. The number of hydrogen-bond donors (Lipinski definition) is 1. The highest BCUT2D eigenvalue weighted by Gasteiger charge is 2.38. The molecule has 0 aliphatic carbocycles. The molecule has 20 heavy (non-hydrogen) atoms. The Morgan fingerprint density at radius 3 is 2.65 bits per heavy atom. The predicted molar refractivity (Wildman–Crippen MR) is 78.8 cm³/mol. The quantitative estimate of drug-likeness (QED) is 0.899. The summed E-state index contributed by atoms with van der Waals surface area (Å²) in [4.78, 5) is 4.56. The Morgan fingerprint density at radius 2 is 1.95 bits per heavy atom. The smallest absolute Gasteiger partial charge is 0.151 e. The van der Waals surface area contributed by atoms with Gasteiger partial charge >= 0.3 is 0 Å². The lowest BCUT2D eigenvalue weighted by Crippen LogP contribution is -2.46. The summed E-state index contributed by atoms with van der Waals surface area (Å²) in [7, 11) is 0. The highest BCUT2D eigenvalue weighted by molar-refractivity contribution is 5.39. The van der Waals surface area contributed by atoms with Crippen LogP contribution in [0.4, 0.5) is 5.82 Å². The third kappa shape index (κ3) is 3.10. The number of aromatic nitrogens is 2. The molecule has 0 saturated carbocycles. The van der Waals surface area contributed by atoms with Crippen LogP contribution in [-0.2, 0) is 0 Å². The monoisotopic (exact) mass is 276 g/mol. The normalized spacial score (nSPS) is 28.0. The third-order valence-electron chi connectivity index (χ3n) is 4.41. The van der Waals surface area contributed by atoms with Gasteiger partial charge in [0.2, 0.25) is 0 Å². The maximum Gasteiger partial charge on any atom is 0.151 e. The van der Waals surface area contributed by atoms with Crippen molar-refractivity contribution in [2.24, 2.45) is 0 Å². The zero-order valence-electron chi connectivity index (χ0n) is 12.3. The number of nitrogens with zero attached hydrogens (tertiary/aromatic N) is 4. The highest BCUT2D eigenvalue weighted by atomic mass is 16.3. The largest absolute Gasteiger partial charge is 0.387 e. The highest BCUT2D eigenvalue weighted by Crippen LogP contribution is 2.27. The summed E-state index contributed by atoms with van der Waals surface area (Å²) in [5.41, 5.74) is 0.334. The number of piperidine rings is 1. The van der Waals surface area contributed by atoms with Crippen LogP contribution >= 0.6 is 0 Å². The molecule has 110 valence electrons. The maximum absolute atomic E-state index is 10.8. The fourth-order valence-corrected chi connectivity index (χ4v) is 3.28. The molecule has 0 aromatic carbocycles. The minimum Gasteiger partial charge on any atom is -0.387 e. The Hall–Kier alpha value is -1.20. The van der Waals surface area contributed by atoms with Crippen molar-refractivity contribution >= 4 is 5.82 Å². The fraction of sp³-hybridized carbons (Fsp3) is 0.733. The maximum atomic E-state index is 10.8. The summed E-state index contributed by atoms with van der Waals surface area (Å²) in [6.07, 6.45) is 4.69. The lowest BCUT2D eigenvalue weighted by Gasteiger charge is -2.33. The van der Waals surface area contributed by atoms with Gasteiger partial charge in [-0.15, -0.1) is 5.10 Å². The van der Waals surface area contributed by atoms with Crippen LogP contribution in [0, 0.1) is 6.92 Å². The van der Waals surface area contributed by atoms with Gasteiger partial charge in [-0.25, -0.2) is 0 Å². The molecule has 0 radical (unpaired) electrons. The van der Waals surface area contributed by atoms with Crippen LogP contribution < -0.4 is 4.90 Å². The van der Waals surface area contributed by atoms with Crippen molar-refractivity contribution in [2.75, 3.05) is 37.6 Å². The van der Waals surface area contributed by atoms with Crippen LogP contribution in [0.1, 0.15) is 31.4 Å². The second kappa shape index (κ2) is 5.66. The van der Waals surface area contributed by atoms with E-state index in [1.165, 1.54) is 19.3 Å². The fourth-order valence-electron chi connectivity index (χ4n) is 3.28. The van der Waals surface area contributed by atoms with Crippen molar-refractivity contribution in [1.29, 1.82) is 0 Å². The van der Waals surface area contributed by atoms with Crippen LogP contribution in [0.5, 0.6) is 0 Å². The zero-order chi connectivity index (χ0) is 14.0. The number of aliphatic hydroxyl groups is 1. The van der Waals surface area contributed by atoms with Gasteiger partial charge in [0.15, 0.2) is 5.82 Å². The number of hydrogen-bond acceptors (Lipinski definition) is 5. The van der Waals surface area contributed by atoms with E-state index in [-0.39, 0.29) is 0 Å². The summed E-state index contributed by atoms with van der Waals surface area (Å²) in [5.74, 6) is 0.880. The van der Waals surface area contributed by atoms with E-state index in [1.807, 2.05) is 19.1 Å². The van der Waals surface area contributed by atoms with Crippen molar-refractivity contribution in [1.82, 2.24) is 15.1 Å². The average Bonchev–Trinajstić information content (AvgIpc) is 2.83. The second-order valence-corrected chi connectivity index (χ2v) is 6.27. The van der Waals surface area contributed by atoms with Crippen molar-refractivity contribution < 1.29 is 5.11 Å². The first-order valence-electron chi connectivity index (χ1n) is 7.65. The summed E-state index contributed by atoms with van der Waals surface area (Å²) in [6, 6.07) is 3.97. The zero-order valence-corrected chi connectivity index (χ0v) is 12.3. The molecule has 0 amide bonds. The molecule has 5 nitrogen and oxygen atoms in total. The van der Waals surface area contributed by atoms with Gasteiger partial charge in [0.25, 0.3) is 0 Å². The summed E-state index contributed by atoms with van der Waals surface area (Å²) < 4.78 is 0. The van der Waals surface area contributed by atoms with Crippen LogP contribution in [0.3, 0.4) is 0 Å². The predicted octanol–water partition coefficient (Wildman–Crippen LogP) is 1.21. The van der Waals surface area contributed by atoms with E-state index in [4.69, 9.17) is 0 Å². The number of β-amino-alcohol motifs (C(OH)–C–C–N with tert-alkyl or cyclic N) is 1. The minimum absolute atomic E-state index is 0.593. The van der Waals surface area contributed by atoms with E-state index >= 15 is 0 Å². The molecule has 1 aromatic heterocycles. The SMILES string of the molecule is Cc1ccc(N2CCC(O)(CN3CCCCC3)C2)nn1. The van der Waals surface area contributed by atoms with Gasteiger partial charge in [-0.3, -0.25) is 0 Å². The number of aryl methyl sites for hydroxylation is 1. The van der Waals surface area contributed by atoms with Crippen LogP contribution in [-0.4, -0.2) is 58.5 Å². The minimum atomic E-state index is -0.593. The first-order chi connectivity index (χ1) is 9.65. The number of rotatable bonds is 3. The Balaban J connectivity index is 1.61. The van der Waals surface area contributed by atoms with Gasteiger partial charge in [-0.2, -0.15) is 5.10 Å². The average molecular weight is 276 g/mol. The molecule has 1 N–H and O–H groups in total. The van der Waals surface area contributed by atoms with Gasteiger partial charge in [0, 0.05) is 19.6 Å². The standard InChI is InChI=1S/C15H24N4O/c1-13-5-6-14(17-16-13)19-10-7-15(20,12-19)11-18-8-3-2-4-9-18/h5-6,20H,2-4,7-12H2,1H3. The van der Waals surface area contributed by atoms with Crippen molar-refractivity contribution in [3.8, 4) is 0 Å². The number of anilines is 1. The molecule has 0 bridgehead atoms. The molecule has 2 saturated heterocycles. The van der Waals surface area contributed by atoms with E-state index < -0.39 is 5.60 Å². The third-order valence-corrected chi connectivity index (χ3v) is 4.41. The van der Waals surface area contributed by atoms with Crippen LogP contribution in [0.2, 0.25) is 0 Å². The van der Waals surface area contributed by atoms with Crippen molar-refractivity contribution in [2.45, 2.75) is 38.2 Å². The van der Waals surface area contributed by atoms with E-state index in [2.05, 4.69) is 20.0 Å². The molecule has 1 unspecified atom stereocenters. The first-order valence-corrected chi connectivity index (χ1v) is 7.65. The Labute approximate surface area is 120 Å². The molecule has 0 spiro atoms. The van der Waals surface area contributed by atoms with Crippen molar-refractivity contribution in [3.63, 3.8) is 0 Å². The molecule has 2 aliphatic heterocycles. The molecule has 3 rings (SSSR count). The summed E-state index contributed by atoms with van der Waals surface area (Å²) in [6.45, 7) is 6.53. The number of likely N-dealkylation sites (tertiary alicyclic amines) is 1. The van der Waals surface area contributed by atoms with Crippen LogP contribution in [0.15, 0.2) is 12.1 Å². The molecule has 5 heteroatoms. The van der Waals surface area contributed by atoms with E-state index in [0.717, 1.165) is 44.1 Å². The summed E-state index contributed by atoms with van der Waals surface area (Å²) >= 11 is 0. The van der Waals surface area contributed by atoms with Gasteiger partial charge < -0.3 is 14.9 Å². The van der Waals surface area contributed by atoms with E-state index in [0.29, 0.717) is 6.54 Å². The van der Waals surface area contributed by atoms with Crippen LogP contribution in [0.25, 0.3) is 0 Å². The van der Waals surface area contributed by atoms with Crippen molar-refractivity contribution in [3.05, 3.63) is 17.8 Å². The van der Waals surface area contributed by atoms with Gasteiger partial charge in [0.1, 0.15) is 0 Å². The second-order valence-electron chi connectivity index (χ2n) is 6.27. The van der Waals surface area contributed by atoms with E-state index in [9.17, 15) is 5.11 Å². The molecule has 3 heterocycles. The lowest BCUT2D eigenvalue weighted by molar-refractivity contribution is 0.0169. The van der Waals surface area contributed by atoms with Gasteiger partial charge in [-0.1, -0.05) is 6.42 Å². The van der Waals surface area contributed by atoms with Gasteiger partial charge in [-0.05, 0) is 51.4 Å². The molecule has 2 fully saturated rings. The Kier molecular flexibility index (Phi) is 3.89. The first kappa shape index (κ1) is 13.8. The molecular weight excluding hydrogens is 252 g/mol. The van der Waals surface area contributed by atoms with Gasteiger partial charge in [0.05, 0.1) is 11.3 Å². The molecule has 2 aliphatic rings. The molecule has 1 atom stereocenters. The topological polar surface area (TPSA) is 52.5 Å². The molecule has 1 aromatic rings. The summed E-state index contributed by atoms with van der Waals surface area (Å²) in [5, 5.41) is 19.1. The Morgan fingerprint density at radius 1 is 1.15 bits per heavy atom. The lowest BCUT2D eigenvalue weighted by atomic mass is 10.0. The van der Waals surface area contributed by atoms with E-state index in [1.54, 1.807) is 0 Å². The Bertz CT molecular complexity index is 444.